The van der Waals surface area contributed by atoms with Gasteiger partial charge in [-0.25, -0.2) is 5.43 Å². The lowest BCUT2D eigenvalue weighted by Gasteiger charge is -2.17. The van der Waals surface area contributed by atoms with Crippen LogP contribution in [0, 0.1) is 0 Å². The molecular weight excluding hydrogens is 248 g/mol. The molecule has 0 aliphatic carbocycles. The van der Waals surface area contributed by atoms with Crippen LogP contribution in [0.2, 0.25) is 0 Å². The fraction of sp³-hybridized carbons (Fsp3) is 0.250. The number of nitrogens with two attached hydrogens (primary N) is 1. The minimum atomic E-state index is -1.09. The summed E-state index contributed by atoms with van der Waals surface area (Å²) in [6.07, 6.45) is 1.40. The minimum absolute atomic E-state index is 0.0822. The van der Waals surface area contributed by atoms with Crippen molar-refractivity contribution >= 4 is 23.7 Å². The molecule has 0 unspecified atom stereocenters. The Kier molecular flexibility index (Phi) is 5.49. The van der Waals surface area contributed by atoms with Gasteiger partial charge in [0.25, 0.3) is 0 Å². The molecule has 0 atom stereocenters. The van der Waals surface area contributed by atoms with Gasteiger partial charge in [-0.2, -0.15) is 5.10 Å². The predicted molar refractivity (Wildman–Crippen MR) is 71.7 cm³/mol. The number of aliphatic hydroxyl groups excluding tert-OH is 1. The van der Waals surface area contributed by atoms with E-state index in [0.29, 0.717) is 6.54 Å². The van der Waals surface area contributed by atoms with Gasteiger partial charge in [-0.1, -0.05) is 12.1 Å². The van der Waals surface area contributed by atoms with E-state index in [1.54, 1.807) is 12.1 Å². The van der Waals surface area contributed by atoms with Gasteiger partial charge < -0.3 is 15.7 Å². The van der Waals surface area contributed by atoms with Crippen molar-refractivity contribution < 1.29 is 14.7 Å². The molecule has 0 aromatic heterocycles. The van der Waals surface area contributed by atoms with Gasteiger partial charge in [0, 0.05) is 19.3 Å². The first kappa shape index (κ1) is 14.7. The number of likely N-dealkylation sites (N-methyl/N-ethyl adjacent to an activating group) is 1. The number of primary amides is 1. The van der Waals surface area contributed by atoms with Gasteiger partial charge in [0.05, 0.1) is 12.8 Å². The van der Waals surface area contributed by atoms with Crippen LogP contribution in [0.1, 0.15) is 5.56 Å². The summed E-state index contributed by atoms with van der Waals surface area (Å²) in [4.78, 5) is 23.2. The number of carbonyl (C=O) groups excluding carboxylic acids is 2. The molecule has 1 rings (SSSR count). The number of anilines is 1. The Bertz CT molecular complexity index is 470. The van der Waals surface area contributed by atoms with Crippen LogP contribution in [0.5, 0.6) is 0 Å². The van der Waals surface area contributed by atoms with E-state index in [1.165, 1.54) is 6.21 Å². The molecule has 0 bridgehead atoms. The Morgan fingerprint density at radius 3 is 2.58 bits per heavy atom. The van der Waals surface area contributed by atoms with Crippen molar-refractivity contribution in [2.45, 2.75) is 0 Å². The molecule has 0 saturated heterocycles. The van der Waals surface area contributed by atoms with Crippen LogP contribution in [-0.2, 0) is 9.59 Å². The third-order valence-corrected chi connectivity index (χ3v) is 2.37. The predicted octanol–water partition coefficient (Wildman–Crippen LogP) is -0.949. The molecule has 4 N–H and O–H groups in total. The zero-order valence-electron chi connectivity index (χ0n) is 10.5. The molecular formula is C12H16N4O3. The molecule has 1 aromatic rings. The second-order valence-electron chi connectivity index (χ2n) is 3.80. The van der Waals surface area contributed by atoms with Gasteiger partial charge in [-0.05, 0) is 17.7 Å². The van der Waals surface area contributed by atoms with Crippen LogP contribution >= 0.6 is 0 Å². The summed E-state index contributed by atoms with van der Waals surface area (Å²) in [6.45, 7) is 0.626. The number of rotatable bonds is 5. The normalized spacial score (nSPS) is 10.4. The molecule has 102 valence electrons. The van der Waals surface area contributed by atoms with Gasteiger partial charge in [0.1, 0.15) is 0 Å². The third kappa shape index (κ3) is 4.76. The summed E-state index contributed by atoms with van der Waals surface area (Å²) in [6, 6.07) is 7.30. The van der Waals surface area contributed by atoms with Gasteiger partial charge >= 0.3 is 11.8 Å². The Hall–Kier alpha value is -2.41. The van der Waals surface area contributed by atoms with Gasteiger partial charge in [0.15, 0.2) is 0 Å². The number of nitrogens with one attached hydrogen (secondary N) is 1. The highest BCUT2D eigenvalue weighted by atomic mass is 16.3. The summed E-state index contributed by atoms with van der Waals surface area (Å²) in [7, 11) is 1.87. The van der Waals surface area contributed by atoms with E-state index in [1.807, 2.05) is 29.5 Å². The van der Waals surface area contributed by atoms with E-state index < -0.39 is 11.8 Å². The average molecular weight is 264 g/mol. The Balaban J connectivity index is 2.59. The van der Waals surface area contributed by atoms with Crippen LogP contribution in [0.3, 0.4) is 0 Å². The number of hydrogen-bond donors (Lipinski definition) is 3. The molecule has 0 aliphatic rings. The maximum atomic E-state index is 10.8. The summed E-state index contributed by atoms with van der Waals surface area (Å²) < 4.78 is 0. The topological polar surface area (TPSA) is 108 Å². The number of benzene rings is 1. The molecule has 7 heteroatoms. The van der Waals surface area contributed by atoms with Crippen molar-refractivity contribution in [1.82, 2.24) is 5.43 Å². The largest absolute Gasteiger partial charge is 0.395 e. The third-order valence-electron chi connectivity index (χ3n) is 2.37. The lowest BCUT2D eigenvalue weighted by atomic mass is 10.2. The zero-order chi connectivity index (χ0) is 14.3. The van der Waals surface area contributed by atoms with E-state index in [9.17, 15) is 9.59 Å². The highest BCUT2D eigenvalue weighted by molar-refractivity contribution is 6.34. The molecule has 0 fully saturated rings. The molecule has 2 amide bonds. The maximum Gasteiger partial charge on any atom is 0.329 e. The number of nitrogens with zero attached hydrogens (tertiary/aromatic N) is 2. The lowest BCUT2D eigenvalue weighted by molar-refractivity contribution is -0.137. The lowest BCUT2D eigenvalue weighted by Crippen LogP contribution is -2.32. The van der Waals surface area contributed by atoms with Crippen LogP contribution in [0.25, 0.3) is 0 Å². The van der Waals surface area contributed by atoms with Gasteiger partial charge in [-0.15, -0.1) is 0 Å². The number of carbonyl (C=O) groups is 2. The van der Waals surface area contributed by atoms with Crippen molar-refractivity contribution in [1.29, 1.82) is 0 Å². The van der Waals surface area contributed by atoms with Crippen molar-refractivity contribution in [3.63, 3.8) is 0 Å². The fourth-order valence-electron chi connectivity index (χ4n) is 1.31. The number of hydrogen-bond acceptors (Lipinski definition) is 5. The molecule has 0 saturated carbocycles. The van der Waals surface area contributed by atoms with Gasteiger partial charge in [0.2, 0.25) is 0 Å². The summed E-state index contributed by atoms with van der Waals surface area (Å²) in [5.74, 6) is -2.05. The smallest absolute Gasteiger partial charge is 0.329 e. The van der Waals surface area contributed by atoms with Crippen LogP contribution in [-0.4, -0.2) is 43.3 Å². The number of hydrazone groups is 1. The second kappa shape index (κ2) is 7.12. The molecule has 1 aromatic carbocycles. The first-order chi connectivity index (χ1) is 9.04. The first-order valence-corrected chi connectivity index (χ1v) is 5.59. The molecule has 7 nitrogen and oxygen atoms in total. The molecule has 19 heavy (non-hydrogen) atoms. The minimum Gasteiger partial charge on any atom is -0.395 e. The molecule has 0 heterocycles. The number of amides is 2. The van der Waals surface area contributed by atoms with Crippen molar-refractivity contribution in [3.05, 3.63) is 29.8 Å². The Labute approximate surface area is 110 Å². The van der Waals surface area contributed by atoms with Crippen LogP contribution < -0.4 is 16.1 Å². The molecule has 0 aliphatic heterocycles. The second-order valence-corrected chi connectivity index (χ2v) is 3.80. The van der Waals surface area contributed by atoms with E-state index >= 15 is 0 Å². The zero-order valence-corrected chi connectivity index (χ0v) is 10.5. The van der Waals surface area contributed by atoms with Crippen molar-refractivity contribution in [2.24, 2.45) is 10.8 Å². The molecule has 0 spiro atoms. The Morgan fingerprint density at radius 2 is 2.05 bits per heavy atom. The van der Waals surface area contributed by atoms with E-state index in [-0.39, 0.29) is 6.61 Å². The highest BCUT2D eigenvalue weighted by Crippen LogP contribution is 2.12. The number of aliphatic hydroxyl groups is 1. The summed E-state index contributed by atoms with van der Waals surface area (Å²) >= 11 is 0. The first-order valence-electron chi connectivity index (χ1n) is 5.59. The Morgan fingerprint density at radius 1 is 1.42 bits per heavy atom. The standard InChI is InChI=1S/C12H16N4O3/c1-16(6-7-17)10-4-2-9(3-5-10)8-14-15-12(19)11(13)18/h2-5,8,17H,6-7H2,1H3,(H2,13,18)(H,15,19). The fourth-order valence-corrected chi connectivity index (χ4v) is 1.31. The quantitative estimate of drug-likeness (QED) is 0.362. The highest BCUT2D eigenvalue weighted by Gasteiger charge is 2.05. The van der Waals surface area contributed by atoms with E-state index in [0.717, 1.165) is 11.3 Å². The van der Waals surface area contributed by atoms with Crippen molar-refractivity contribution in [2.75, 3.05) is 25.1 Å². The molecule has 0 radical (unpaired) electrons. The van der Waals surface area contributed by atoms with E-state index in [2.05, 4.69) is 5.10 Å². The average Bonchev–Trinajstić information content (AvgIpc) is 2.39. The van der Waals surface area contributed by atoms with Crippen molar-refractivity contribution in [3.8, 4) is 0 Å². The monoisotopic (exact) mass is 264 g/mol. The summed E-state index contributed by atoms with van der Waals surface area (Å²) in [5.41, 5.74) is 8.45. The van der Waals surface area contributed by atoms with E-state index in [4.69, 9.17) is 10.8 Å². The SMILES string of the molecule is CN(CCO)c1ccc(C=NNC(=O)C(N)=O)cc1. The summed E-state index contributed by atoms with van der Waals surface area (Å²) in [5, 5.41) is 12.4. The van der Waals surface area contributed by atoms with Crippen LogP contribution in [0.4, 0.5) is 5.69 Å². The van der Waals surface area contributed by atoms with Crippen LogP contribution in [0.15, 0.2) is 29.4 Å². The maximum absolute atomic E-state index is 10.8. The van der Waals surface area contributed by atoms with Gasteiger partial charge in [-0.3, -0.25) is 9.59 Å².